The molecule has 0 aliphatic heterocycles. The first-order chi connectivity index (χ1) is 4.85. The van der Waals surface area contributed by atoms with E-state index >= 15 is 0 Å². The van der Waals surface area contributed by atoms with E-state index in [4.69, 9.17) is 11.7 Å². The maximum absolute atomic E-state index is 5.10. The minimum absolute atomic E-state index is 0.674. The van der Waals surface area contributed by atoms with Gasteiger partial charge in [0.25, 0.3) is 0 Å². The minimum atomic E-state index is 0.674. The Morgan fingerprint density at radius 2 is 2.20 bits per heavy atom. The van der Waals surface area contributed by atoms with Crippen LogP contribution < -0.4 is 17.1 Å². The van der Waals surface area contributed by atoms with Crippen molar-refractivity contribution in [3.05, 3.63) is 0 Å². The molecular formula is C6H16N4. The SMILES string of the molecule is CCCCCC(=NN)NN. The van der Waals surface area contributed by atoms with E-state index in [2.05, 4.69) is 17.5 Å². The van der Waals surface area contributed by atoms with Crippen LogP contribution in [0, 0.1) is 0 Å². The molecule has 0 unspecified atom stereocenters. The van der Waals surface area contributed by atoms with Crippen molar-refractivity contribution in [3.8, 4) is 0 Å². The van der Waals surface area contributed by atoms with Crippen molar-refractivity contribution in [2.45, 2.75) is 32.6 Å². The molecule has 0 spiro atoms. The summed E-state index contributed by atoms with van der Waals surface area (Å²) in [7, 11) is 0. The van der Waals surface area contributed by atoms with Gasteiger partial charge in [0.2, 0.25) is 0 Å². The van der Waals surface area contributed by atoms with E-state index in [1.165, 1.54) is 12.8 Å². The molecule has 10 heavy (non-hydrogen) atoms. The molecular weight excluding hydrogens is 128 g/mol. The van der Waals surface area contributed by atoms with Crippen molar-refractivity contribution in [3.63, 3.8) is 0 Å². The summed E-state index contributed by atoms with van der Waals surface area (Å²) in [5, 5.41) is 3.46. The van der Waals surface area contributed by atoms with Gasteiger partial charge < -0.3 is 11.3 Å². The van der Waals surface area contributed by atoms with Crippen LogP contribution in [0.5, 0.6) is 0 Å². The zero-order valence-electron chi connectivity index (χ0n) is 6.43. The Bertz CT molecular complexity index is 99.9. The van der Waals surface area contributed by atoms with Gasteiger partial charge in [0.1, 0.15) is 5.84 Å². The standard InChI is InChI=1S/C6H16N4/c1-2-3-4-5-6(9-7)10-8/h2-5,7-8H2,1H3,(H,9,10). The number of hydrogen-bond acceptors (Lipinski definition) is 3. The highest BCUT2D eigenvalue weighted by Gasteiger charge is 1.93. The number of unbranched alkanes of at least 4 members (excludes halogenated alkanes) is 2. The fourth-order valence-corrected chi connectivity index (χ4v) is 0.716. The van der Waals surface area contributed by atoms with E-state index in [1.54, 1.807) is 0 Å². The van der Waals surface area contributed by atoms with Crippen LogP contribution in [0.25, 0.3) is 0 Å². The molecule has 0 fully saturated rings. The normalized spacial score (nSPS) is 11.6. The average Bonchev–Trinajstić information content (AvgIpc) is 1.99. The fraction of sp³-hybridized carbons (Fsp3) is 0.833. The van der Waals surface area contributed by atoms with Crippen LogP contribution in [0.2, 0.25) is 0 Å². The summed E-state index contributed by atoms with van der Waals surface area (Å²) in [6.45, 7) is 2.15. The first-order valence-corrected chi connectivity index (χ1v) is 3.58. The molecule has 0 aliphatic rings. The predicted molar refractivity (Wildman–Crippen MR) is 43.1 cm³/mol. The summed E-state index contributed by atoms with van der Waals surface area (Å²) in [5.74, 6) is 10.8. The predicted octanol–water partition coefficient (Wildman–Crippen LogP) is 0.302. The number of hydrazine groups is 1. The van der Waals surface area contributed by atoms with Crippen LogP contribution in [0.4, 0.5) is 0 Å². The van der Waals surface area contributed by atoms with Gasteiger partial charge in [-0.2, -0.15) is 5.10 Å². The van der Waals surface area contributed by atoms with Crippen molar-refractivity contribution in [1.82, 2.24) is 5.43 Å². The first kappa shape index (κ1) is 9.23. The summed E-state index contributed by atoms with van der Waals surface area (Å²) in [5.41, 5.74) is 2.44. The third kappa shape index (κ3) is 4.14. The Hall–Kier alpha value is -0.770. The van der Waals surface area contributed by atoms with Gasteiger partial charge in [-0.25, -0.2) is 5.84 Å². The molecule has 5 N–H and O–H groups in total. The zero-order chi connectivity index (χ0) is 7.82. The maximum Gasteiger partial charge on any atom is 0.135 e. The molecule has 60 valence electrons. The fourth-order valence-electron chi connectivity index (χ4n) is 0.716. The number of amidine groups is 1. The number of hydrazone groups is 1. The van der Waals surface area contributed by atoms with E-state index in [-0.39, 0.29) is 0 Å². The lowest BCUT2D eigenvalue weighted by molar-refractivity contribution is 0.728. The van der Waals surface area contributed by atoms with E-state index in [9.17, 15) is 0 Å². The first-order valence-electron chi connectivity index (χ1n) is 3.58. The summed E-state index contributed by atoms with van der Waals surface area (Å²) in [4.78, 5) is 0. The van der Waals surface area contributed by atoms with Gasteiger partial charge in [-0.3, -0.25) is 0 Å². The Labute approximate surface area is 61.6 Å². The molecule has 0 saturated heterocycles. The Balaban J connectivity index is 3.27. The molecule has 0 aromatic carbocycles. The van der Waals surface area contributed by atoms with Crippen LogP contribution in [-0.2, 0) is 0 Å². The van der Waals surface area contributed by atoms with Crippen LogP contribution in [0.1, 0.15) is 32.6 Å². The zero-order valence-corrected chi connectivity index (χ0v) is 6.43. The van der Waals surface area contributed by atoms with E-state index < -0.39 is 0 Å². The number of nitrogens with zero attached hydrogens (tertiary/aromatic N) is 1. The summed E-state index contributed by atoms with van der Waals surface area (Å²) in [6, 6.07) is 0. The third-order valence-electron chi connectivity index (χ3n) is 1.34. The van der Waals surface area contributed by atoms with Crippen LogP contribution >= 0.6 is 0 Å². The van der Waals surface area contributed by atoms with Gasteiger partial charge in [0, 0.05) is 6.42 Å². The molecule has 0 radical (unpaired) electrons. The Kier molecular flexibility index (Phi) is 5.86. The van der Waals surface area contributed by atoms with Gasteiger partial charge >= 0.3 is 0 Å². The van der Waals surface area contributed by atoms with Gasteiger partial charge in [0.15, 0.2) is 0 Å². The lowest BCUT2D eigenvalue weighted by atomic mass is 10.2. The maximum atomic E-state index is 5.10. The van der Waals surface area contributed by atoms with E-state index in [0.717, 1.165) is 12.8 Å². The molecule has 0 saturated carbocycles. The van der Waals surface area contributed by atoms with Crippen LogP contribution in [0.15, 0.2) is 5.10 Å². The molecule has 4 heteroatoms. The smallest absolute Gasteiger partial charge is 0.135 e. The Morgan fingerprint density at radius 1 is 1.50 bits per heavy atom. The summed E-state index contributed by atoms with van der Waals surface area (Å²) < 4.78 is 0. The van der Waals surface area contributed by atoms with Crippen molar-refractivity contribution in [2.24, 2.45) is 16.8 Å². The topological polar surface area (TPSA) is 76.4 Å². The second-order valence-corrected chi connectivity index (χ2v) is 2.18. The lowest BCUT2D eigenvalue weighted by Gasteiger charge is -2.01. The highest BCUT2D eigenvalue weighted by molar-refractivity contribution is 5.81. The molecule has 0 aromatic heterocycles. The second kappa shape index (κ2) is 6.35. The summed E-state index contributed by atoms with van der Waals surface area (Å²) in [6.07, 6.45) is 4.33. The molecule has 0 atom stereocenters. The molecule has 4 nitrogen and oxygen atoms in total. The van der Waals surface area contributed by atoms with Crippen LogP contribution in [-0.4, -0.2) is 5.84 Å². The second-order valence-electron chi connectivity index (χ2n) is 2.18. The van der Waals surface area contributed by atoms with Gasteiger partial charge in [-0.15, -0.1) is 0 Å². The van der Waals surface area contributed by atoms with Crippen molar-refractivity contribution < 1.29 is 0 Å². The monoisotopic (exact) mass is 144 g/mol. The highest BCUT2D eigenvalue weighted by atomic mass is 15.3. The molecule has 0 aromatic rings. The number of nitrogens with two attached hydrogens (primary N) is 2. The minimum Gasteiger partial charge on any atom is -0.322 e. The third-order valence-corrected chi connectivity index (χ3v) is 1.34. The van der Waals surface area contributed by atoms with Gasteiger partial charge in [0.05, 0.1) is 0 Å². The van der Waals surface area contributed by atoms with Crippen molar-refractivity contribution in [1.29, 1.82) is 0 Å². The largest absolute Gasteiger partial charge is 0.322 e. The van der Waals surface area contributed by atoms with Gasteiger partial charge in [-0.05, 0) is 6.42 Å². The van der Waals surface area contributed by atoms with Gasteiger partial charge in [-0.1, -0.05) is 19.8 Å². The lowest BCUT2D eigenvalue weighted by Crippen LogP contribution is -2.31. The number of nitrogens with one attached hydrogen (secondary N) is 1. The molecule has 0 amide bonds. The molecule has 0 heterocycles. The van der Waals surface area contributed by atoms with Crippen molar-refractivity contribution >= 4 is 5.84 Å². The molecule has 0 bridgehead atoms. The highest BCUT2D eigenvalue weighted by Crippen LogP contribution is 1.97. The molecule has 0 rings (SSSR count). The number of rotatable bonds is 4. The molecule has 0 aliphatic carbocycles. The van der Waals surface area contributed by atoms with E-state index in [1.807, 2.05) is 0 Å². The summed E-state index contributed by atoms with van der Waals surface area (Å²) >= 11 is 0. The Morgan fingerprint density at radius 3 is 2.60 bits per heavy atom. The van der Waals surface area contributed by atoms with Crippen LogP contribution in [0.3, 0.4) is 0 Å². The quantitative estimate of drug-likeness (QED) is 0.175. The number of hydrogen-bond donors (Lipinski definition) is 3. The van der Waals surface area contributed by atoms with Crippen molar-refractivity contribution in [2.75, 3.05) is 0 Å². The van der Waals surface area contributed by atoms with E-state index in [0.29, 0.717) is 5.84 Å². The average molecular weight is 144 g/mol.